The van der Waals surface area contributed by atoms with Gasteiger partial charge in [-0.25, -0.2) is 4.79 Å². The van der Waals surface area contributed by atoms with Crippen molar-refractivity contribution < 1.29 is 4.79 Å². The summed E-state index contributed by atoms with van der Waals surface area (Å²) in [4.78, 5) is 12.3. The van der Waals surface area contributed by atoms with Gasteiger partial charge in [-0.3, -0.25) is 0 Å². The van der Waals surface area contributed by atoms with Crippen LogP contribution in [0.3, 0.4) is 0 Å². The summed E-state index contributed by atoms with van der Waals surface area (Å²) in [6, 6.07) is 18.3. The zero-order valence-corrected chi connectivity index (χ0v) is 15.0. The molecule has 0 aliphatic heterocycles. The first-order valence-electron chi connectivity index (χ1n) is 8.77. The van der Waals surface area contributed by atoms with Gasteiger partial charge in [-0.1, -0.05) is 36.4 Å². The highest BCUT2D eigenvalue weighted by Gasteiger charge is 2.09. The monoisotopic (exact) mass is 346 g/mol. The number of amides is 2. The van der Waals surface area contributed by atoms with Crippen molar-refractivity contribution >= 4 is 33.5 Å². The van der Waals surface area contributed by atoms with E-state index in [1.165, 1.54) is 16.6 Å². The standard InChI is InChI=1S/C21H22N4O/c1-15-13-16-7-3-5-9-19(16)25(15)12-11-22-21(26)23-18-14-24(2)20-10-6-4-8-17(18)20/h3-10,13-14H,11-12H2,1-2H3,(H2,22,23,26). The topological polar surface area (TPSA) is 51.0 Å². The van der Waals surface area contributed by atoms with Crippen LogP contribution in [0.2, 0.25) is 0 Å². The average Bonchev–Trinajstić information content (AvgIpc) is 3.13. The lowest BCUT2D eigenvalue weighted by Gasteiger charge is -2.10. The number of fused-ring (bicyclic) bond motifs is 2. The number of anilines is 1. The Bertz CT molecular complexity index is 1090. The normalized spacial score (nSPS) is 11.2. The van der Waals surface area contributed by atoms with Crippen molar-refractivity contribution in [3.05, 3.63) is 66.5 Å². The number of carbonyl (C=O) groups excluding carboxylic acids is 1. The molecule has 2 N–H and O–H groups in total. The predicted octanol–water partition coefficient (Wildman–Crippen LogP) is 4.26. The molecule has 0 radical (unpaired) electrons. The van der Waals surface area contributed by atoms with Gasteiger partial charge in [0.1, 0.15) is 0 Å². The van der Waals surface area contributed by atoms with Gasteiger partial charge in [-0.2, -0.15) is 0 Å². The largest absolute Gasteiger partial charge is 0.348 e. The highest BCUT2D eigenvalue weighted by atomic mass is 16.2. The molecule has 0 unspecified atom stereocenters. The Morgan fingerprint density at radius 1 is 1.04 bits per heavy atom. The first kappa shape index (κ1) is 16.3. The van der Waals surface area contributed by atoms with Crippen LogP contribution >= 0.6 is 0 Å². The van der Waals surface area contributed by atoms with E-state index < -0.39 is 0 Å². The Balaban J connectivity index is 1.42. The maximum absolute atomic E-state index is 12.3. The van der Waals surface area contributed by atoms with E-state index in [0.717, 1.165) is 23.1 Å². The lowest BCUT2D eigenvalue weighted by Crippen LogP contribution is -2.31. The Hall–Kier alpha value is -3.21. The van der Waals surface area contributed by atoms with Gasteiger partial charge in [0.25, 0.3) is 0 Å². The third-order valence-electron chi connectivity index (χ3n) is 4.78. The molecule has 0 saturated heterocycles. The van der Waals surface area contributed by atoms with E-state index >= 15 is 0 Å². The summed E-state index contributed by atoms with van der Waals surface area (Å²) in [5.41, 5.74) is 4.31. The second-order valence-corrected chi connectivity index (χ2v) is 6.55. The van der Waals surface area contributed by atoms with Crippen molar-refractivity contribution in [2.24, 2.45) is 7.05 Å². The van der Waals surface area contributed by atoms with Gasteiger partial charge < -0.3 is 19.8 Å². The van der Waals surface area contributed by atoms with Gasteiger partial charge >= 0.3 is 6.03 Å². The Morgan fingerprint density at radius 2 is 1.77 bits per heavy atom. The molecule has 0 saturated carbocycles. The van der Waals surface area contributed by atoms with Crippen molar-refractivity contribution in [2.45, 2.75) is 13.5 Å². The molecule has 2 aromatic carbocycles. The number of hydrogen-bond acceptors (Lipinski definition) is 1. The number of urea groups is 1. The Kier molecular flexibility index (Phi) is 4.13. The van der Waals surface area contributed by atoms with E-state index in [4.69, 9.17) is 0 Å². The van der Waals surface area contributed by atoms with Crippen LogP contribution in [0.15, 0.2) is 60.8 Å². The number of para-hydroxylation sites is 2. The molecule has 0 spiro atoms. The number of nitrogens with one attached hydrogen (secondary N) is 2. The fourth-order valence-corrected chi connectivity index (χ4v) is 3.53. The van der Waals surface area contributed by atoms with Crippen molar-refractivity contribution in [1.29, 1.82) is 0 Å². The highest BCUT2D eigenvalue weighted by molar-refractivity contribution is 6.01. The third-order valence-corrected chi connectivity index (χ3v) is 4.78. The summed E-state index contributed by atoms with van der Waals surface area (Å²) in [6.45, 7) is 3.40. The summed E-state index contributed by atoms with van der Waals surface area (Å²) in [5, 5.41) is 8.18. The number of aromatic nitrogens is 2. The molecule has 2 amide bonds. The van der Waals surface area contributed by atoms with Gasteiger partial charge in [0.05, 0.1) is 5.69 Å². The number of rotatable bonds is 4. The SMILES string of the molecule is Cc1cc2ccccc2n1CCNC(=O)Nc1cn(C)c2ccccc12. The number of benzene rings is 2. The smallest absolute Gasteiger partial charge is 0.319 e. The molecule has 0 aliphatic rings. The van der Waals surface area contributed by atoms with Crippen molar-refractivity contribution in [1.82, 2.24) is 14.5 Å². The minimum Gasteiger partial charge on any atom is -0.348 e. The quantitative estimate of drug-likeness (QED) is 0.570. The van der Waals surface area contributed by atoms with Crippen LogP contribution in [0.1, 0.15) is 5.69 Å². The summed E-state index contributed by atoms with van der Waals surface area (Å²) in [7, 11) is 1.98. The molecule has 2 heterocycles. The van der Waals surface area contributed by atoms with E-state index in [9.17, 15) is 4.79 Å². The van der Waals surface area contributed by atoms with E-state index in [2.05, 4.69) is 40.3 Å². The lowest BCUT2D eigenvalue weighted by atomic mass is 10.2. The van der Waals surface area contributed by atoms with Gasteiger partial charge in [0.15, 0.2) is 0 Å². The van der Waals surface area contributed by atoms with Crippen LogP contribution in [0, 0.1) is 6.92 Å². The van der Waals surface area contributed by atoms with Crippen molar-refractivity contribution in [3.63, 3.8) is 0 Å². The van der Waals surface area contributed by atoms with Crippen LogP contribution < -0.4 is 10.6 Å². The van der Waals surface area contributed by atoms with Gasteiger partial charge in [-0.05, 0) is 30.5 Å². The second kappa shape index (κ2) is 6.59. The molecule has 4 aromatic rings. The van der Waals surface area contributed by atoms with Crippen molar-refractivity contribution in [3.8, 4) is 0 Å². The maximum Gasteiger partial charge on any atom is 0.319 e. The average molecular weight is 346 g/mol. The van der Waals surface area contributed by atoms with Gasteiger partial charge in [0, 0.05) is 48.4 Å². The molecule has 26 heavy (non-hydrogen) atoms. The van der Waals surface area contributed by atoms with Crippen LogP contribution in [-0.4, -0.2) is 21.7 Å². The number of aryl methyl sites for hydroxylation is 2. The summed E-state index contributed by atoms with van der Waals surface area (Å²) in [5.74, 6) is 0. The van der Waals surface area contributed by atoms with Crippen LogP contribution in [0.25, 0.3) is 21.8 Å². The molecular weight excluding hydrogens is 324 g/mol. The predicted molar refractivity (Wildman–Crippen MR) is 107 cm³/mol. The molecule has 5 nitrogen and oxygen atoms in total. The first-order chi connectivity index (χ1) is 12.6. The maximum atomic E-state index is 12.3. The fourth-order valence-electron chi connectivity index (χ4n) is 3.53. The summed E-state index contributed by atoms with van der Waals surface area (Å²) in [6.07, 6.45) is 1.94. The molecule has 132 valence electrons. The third kappa shape index (κ3) is 2.92. The summed E-state index contributed by atoms with van der Waals surface area (Å²) >= 11 is 0. The molecule has 0 bridgehead atoms. The zero-order valence-electron chi connectivity index (χ0n) is 15.0. The fraction of sp³-hybridized carbons (Fsp3) is 0.190. The van der Waals surface area contributed by atoms with E-state index in [1.54, 1.807) is 0 Å². The number of hydrogen-bond donors (Lipinski definition) is 2. The molecule has 0 atom stereocenters. The highest BCUT2D eigenvalue weighted by Crippen LogP contribution is 2.24. The molecule has 5 heteroatoms. The first-order valence-corrected chi connectivity index (χ1v) is 8.77. The molecule has 2 aromatic heterocycles. The molecular formula is C21H22N4O. The zero-order chi connectivity index (χ0) is 18.1. The minimum atomic E-state index is -0.185. The van der Waals surface area contributed by atoms with Gasteiger partial charge in [-0.15, -0.1) is 0 Å². The number of nitrogens with zero attached hydrogens (tertiary/aromatic N) is 2. The van der Waals surface area contributed by atoms with E-state index in [-0.39, 0.29) is 6.03 Å². The summed E-state index contributed by atoms with van der Waals surface area (Å²) < 4.78 is 4.24. The van der Waals surface area contributed by atoms with Crippen LogP contribution in [0.4, 0.5) is 10.5 Å². The van der Waals surface area contributed by atoms with Crippen LogP contribution in [0.5, 0.6) is 0 Å². The van der Waals surface area contributed by atoms with Crippen LogP contribution in [-0.2, 0) is 13.6 Å². The number of carbonyl (C=O) groups is 1. The van der Waals surface area contributed by atoms with E-state index in [0.29, 0.717) is 6.54 Å². The minimum absolute atomic E-state index is 0.185. The second-order valence-electron chi connectivity index (χ2n) is 6.55. The lowest BCUT2D eigenvalue weighted by molar-refractivity contribution is 0.251. The van der Waals surface area contributed by atoms with Crippen molar-refractivity contribution in [2.75, 3.05) is 11.9 Å². The molecule has 0 fully saturated rings. The Labute approximate surface area is 152 Å². The van der Waals surface area contributed by atoms with Gasteiger partial charge in [0.2, 0.25) is 0 Å². The molecule has 0 aliphatic carbocycles. The Morgan fingerprint density at radius 3 is 2.62 bits per heavy atom. The van der Waals surface area contributed by atoms with E-state index in [1.807, 2.05) is 54.2 Å². The molecule has 4 rings (SSSR count).